The summed E-state index contributed by atoms with van der Waals surface area (Å²) in [6.45, 7) is 3.79. The molecular formula is C19H19F3N4O. The van der Waals surface area contributed by atoms with Gasteiger partial charge in [-0.25, -0.2) is 4.98 Å². The summed E-state index contributed by atoms with van der Waals surface area (Å²) < 4.78 is 45.9. The Morgan fingerprint density at radius 1 is 1.26 bits per heavy atom. The predicted molar refractivity (Wildman–Crippen MR) is 93.0 cm³/mol. The Hall–Kier alpha value is -2.48. The van der Waals surface area contributed by atoms with Gasteiger partial charge in [-0.2, -0.15) is 13.2 Å². The first-order chi connectivity index (χ1) is 12.9. The molecule has 0 aliphatic carbocycles. The van der Waals surface area contributed by atoms with Crippen LogP contribution in [0, 0.1) is 6.92 Å². The molecule has 0 spiro atoms. The van der Waals surface area contributed by atoms with Crippen molar-refractivity contribution in [3.63, 3.8) is 0 Å². The SMILES string of the molecule is Cc1cc(C(F)(F)F)c2c([C@@H]3CCCN(Cc4ccncc4)C3)noc2n1. The molecule has 0 amide bonds. The van der Waals surface area contributed by atoms with E-state index in [4.69, 9.17) is 4.52 Å². The van der Waals surface area contributed by atoms with E-state index in [9.17, 15) is 13.2 Å². The van der Waals surface area contributed by atoms with Gasteiger partial charge in [0.15, 0.2) is 0 Å². The maximum atomic E-state index is 13.6. The van der Waals surface area contributed by atoms with Gasteiger partial charge in [0.25, 0.3) is 5.71 Å². The molecule has 0 unspecified atom stereocenters. The van der Waals surface area contributed by atoms with Crippen LogP contribution < -0.4 is 0 Å². The van der Waals surface area contributed by atoms with E-state index in [2.05, 4.69) is 20.0 Å². The van der Waals surface area contributed by atoms with Crippen LogP contribution in [0.2, 0.25) is 0 Å². The first kappa shape index (κ1) is 17.9. The lowest BCUT2D eigenvalue weighted by Gasteiger charge is -2.32. The molecule has 0 saturated carbocycles. The zero-order valence-corrected chi connectivity index (χ0v) is 14.8. The summed E-state index contributed by atoms with van der Waals surface area (Å²) in [5.41, 5.74) is 1.00. The van der Waals surface area contributed by atoms with Crippen molar-refractivity contribution in [3.05, 3.63) is 53.1 Å². The van der Waals surface area contributed by atoms with Gasteiger partial charge in [0.1, 0.15) is 0 Å². The van der Waals surface area contributed by atoms with Crippen LogP contribution in [0.15, 0.2) is 35.1 Å². The maximum absolute atomic E-state index is 13.6. The van der Waals surface area contributed by atoms with Gasteiger partial charge in [-0.1, -0.05) is 5.16 Å². The normalized spacial score (nSPS) is 18.9. The van der Waals surface area contributed by atoms with E-state index in [1.54, 1.807) is 12.4 Å². The summed E-state index contributed by atoms with van der Waals surface area (Å²) in [5.74, 6) is -0.118. The largest absolute Gasteiger partial charge is 0.417 e. The van der Waals surface area contributed by atoms with E-state index in [-0.39, 0.29) is 22.7 Å². The van der Waals surface area contributed by atoms with E-state index >= 15 is 0 Å². The average Bonchev–Trinajstić information content (AvgIpc) is 3.05. The number of aromatic nitrogens is 3. The summed E-state index contributed by atoms with van der Waals surface area (Å²) >= 11 is 0. The highest BCUT2D eigenvalue weighted by Crippen LogP contribution is 2.40. The summed E-state index contributed by atoms with van der Waals surface area (Å²) in [4.78, 5) is 10.4. The molecule has 3 aromatic rings. The molecule has 3 aromatic heterocycles. The number of hydrogen-bond donors (Lipinski definition) is 0. The predicted octanol–water partition coefficient (Wildman–Crippen LogP) is 4.32. The zero-order valence-electron chi connectivity index (χ0n) is 14.8. The molecule has 0 N–H and O–H groups in total. The van der Waals surface area contributed by atoms with Gasteiger partial charge < -0.3 is 4.52 Å². The molecular weight excluding hydrogens is 357 g/mol. The van der Waals surface area contributed by atoms with Gasteiger partial charge in [0.05, 0.1) is 16.6 Å². The van der Waals surface area contributed by atoms with E-state index in [0.717, 1.165) is 37.6 Å². The third kappa shape index (κ3) is 3.66. The van der Waals surface area contributed by atoms with Gasteiger partial charge in [-0.15, -0.1) is 0 Å². The fourth-order valence-electron chi connectivity index (χ4n) is 3.77. The first-order valence-corrected chi connectivity index (χ1v) is 8.87. The fraction of sp³-hybridized carbons (Fsp3) is 0.421. The molecule has 0 aromatic carbocycles. The number of nitrogens with zero attached hydrogens (tertiary/aromatic N) is 4. The number of pyridine rings is 2. The molecule has 0 radical (unpaired) electrons. The van der Waals surface area contributed by atoms with Crippen LogP contribution in [0.25, 0.3) is 11.1 Å². The second-order valence-corrected chi connectivity index (χ2v) is 6.99. The minimum atomic E-state index is -4.47. The highest BCUT2D eigenvalue weighted by molar-refractivity contribution is 5.81. The van der Waals surface area contributed by atoms with E-state index in [0.29, 0.717) is 12.2 Å². The first-order valence-electron chi connectivity index (χ1n) is 8.87. The summed E-state index contributed by atoms with van der Waals surface area (Å²) in [6, 6.07) is 4.97. The van der Waals surface area contributed by atoms with Gasteiger partial charge in [0, 0.05) is 37.1 Å². The van der Waals surface area contributed by atoms with Crippen LogP contribution in [0.3, 0.4) is 0 Å². The van der Waals surface area contributed by atoms with Crippen molar-refractivity contribution in [2.45, 2.75) is 38.4 Å². The van der Waals surface area contributed by atoms with Crippen LogP contribution in [-0.4, -0.2) is 33.1 Å². The number of fused-ring (bicyclic) bond motifs is 1. The zero-order chi connectivity index (χ0) is 19.0. The Morgan fingerprint density at radius 3 is 2.78 bits per heavy atom. The quantitative estimate of drug-likeness (QED) is 0.681. The lowest BCUT2D eigenvalue weighted by atomic mass is 9.91. The standard InChI is InChI=1S/C19H19F3N4O/c1-12-9-15(19(20,21)22)16-17(25-27-18(16)24-12)14-3-2-8-26(11-14)10-13-4-6-23-7-5-13/h4-7,9,14H,2-3,8,10-11H2,1H3/t14-/m1/s1. The summed E-state index contributed by atoms with van der Waals surface area (Å²) in [5, 5.41) is 4.01. The Balaban J connectivity index is 1.66. The van der Waals surface area contributed by atoms with Gasteiger partial charge in [-0.3, -0.25) is 9.88 Å². The molecule has 1 aliphatic rings. The van der Waals surface area contributed by atoms with Crippen molar-refractivity contribution in [1.29, 1.82) is 0 Å². The molecule has 27 heavy (non-hydrogen) atoms. The molecule has 142 valence electrons. The van der Waals surface area contributed by atoms with Crippen LogP contribution in [-0.2, 0) is 12.7 Å². The van der Waals surface area contributed by atoms with Gasteiger partial charge >= 0.3 is 6.18 Å². The van der Waals surface area contributed by atoms with Crippen LogP contribution in [0.1, 0.15) is 41.3 Å². The lowest BCUT2D eigenvalue weighted by Crippen LogP contribution is -2.34. The number of likely N-dealkylation sites (tertiary alicyclic amines) is 1. The van der Waals surface area contributed by atoms with E-state index < -0.39 is 11.7 Å². The van der Waals surface area contributed by atoms with E-state index in [1.165, 1.54) is 6.92 Å². The molecule has 8 heteroatoms. The monoisotopic (exact) mass is 376 g/mol. The van der Waals surface area contributed by atoms with Crippen molar-refractivity contribution in [2.24, 2.45) is 0 Å². The molecule has 0 bridgehead atoms. The Bertz CT molecular complexity index is 939. The molecule has 1 atom stereocenters. The van der Waals surface area contributed by atoms with Crippen LogP contribution in [0.5, 0.6) is 0 Å². The van der Waals surface area contributed by atoms with Crippen molar-refractivity contribution in [1.82, 2.24) is 20.0 Å². The molecule has 1 aliphatic heterocycles. The Labute approximate surface area is 154 Å². The fourth-order valence-corrected chi connectivity index (χ4v) is 3.77. The highest BCUT2D eigenvalue weighted by atomic mass is 19.4. The third-order valence-corrected chi connectivity index (χ3v) is 4.95. The summed E-state index contributed by atoms with van der Waals surface area (Å²) in [7, 11) is 0. The van der Waals surface area contributed by atoms with Crippen LogP contribution in [0.4, 0.5) is 13.2 Å². The number of alkyl halides is 3. The smallest absolute Gasteiger partial charge is 0.336 e. The minimum absolute atomic E-state index is 0.00358. The molecule has 1 saturated heterocycles. The number of piperidine rings is 1. The van der Waals surface area contributed by atoms with Crippen molar-refractivity contribution in [2.75, 3.05) is 13.1 Å². The Kier molecular flexibility index (Phi) is 4.59. The molecule has 1 fully saturated rings. The number of halogens is 3. The molecule has 5 nitrogen and oxygen atoms in total. The lowest BCUT2D eigenvalue weighted by molar-refractivity contribution is -0.136. The van der Waals surface area contributed by atoms with E-state index in [1.807, 2.05) is 12.1 Å². The number of hydrogen-bond acceptors (Lipinski definition) is 5. The van der Waals surface area contributed by atoms with Crippen molar-refractivity contribution < 1.29 is 17.7 Å². The number of rotatable bonds is 3. The minimum Gasteiger partial charge on any atom is -0.336 e. The van der Waals surface area contributed by atoms with Gasteiger partial charge in [0.2, 0.25) is 0 Å². The maximum Gasteiger partial charge on any atom is 0.417 e. The van der Waals surface area contributed by atoms with Crippen molar-refractivity contribution >= 4 is 11.1 Å². The summed E-state index contributed by atoms with van der Waals surface area (Å²) in [6.07, 6.45) is 0.680. The second-order valence-electron chi connectivity index (χ2n) is 6.99. The topological polar surface area (TPSA) is 55.1 Å². The van der Waals surface area contributed by atoms with Crippen LogP contribution >= 0.6 is 0 Å². The third-order valence-electron chi connectivity index (χ3n) is 4.95. The average molecular weight is 376 g/mol. The van der Waals surface area contributed by atoms with Gasteiger partial charge in [-0.05, 0) is 50.1 Å². The Morgan fingerprint density at radius 2 is 2.04 bits per heavy atom. The second kappa shape index (κ2) is 6.92. The molecule has 4 rings (SSSR count). The highest BCUT2D eigenvalue weighted by Gasteiger charge is 2.37. The number of aryl methyl sites for hydroxylation is 1. The van der Waals surface area contributed by atoms with Crippen molar-refractivity contribution in [3.8, 4) is 0 Å². The molecule has 4 heterocycles.